The highest BCUT2D eigenvalue weighted by atomic mass is 35.5. The fraction of sp³-hybridized carbons (Fsp3) is 0.0588. The Labute approximate surface area is 141 Å². The molecule has 0 saturated heterocycles. The van der Waals surface area contributed by atoms with E-state index in [1.165, 1.54) is 12.3 Å². The van der Waals surface area contributed by atoms with Crippen LogP contribution in [0.15, 0.2) is 53.1 Å². The lowest BCUT2D eigenvalue weighted by Crippen LogP contribution is -2.24. The molecule has 2 aromatic carbocycles. The Bertz CT molecular complexity index is 858. The second-order valence-corrected chi connectivity index (χ2v) is 5.36. The van der Waals surface area contributed by atoms with Gasteiger partial charge in [0, 0.05) is 22.7 Å². The molecule has 1 amide bonds. The van der Waals surface area contributed by atoms with E-state index in [1.807, 2.05) is 0 Å². The van der Waals surface area contributed by atoms with Crippen molar-refractivity contribution in [3.05, 3.63) is 76.8 Å². The number of carbonyl (C=O) groups is 1. The summed E-state index contributed by atoms with van der Waals surface area (Å²) in [7, 11) is 0. The van der Waals surface area contributed by atoms with Crippen LogP contribution in [0.4, 0.5) is 8.78 Å². The number of benzene rings is 2. The number of nitrogens with zero attached hydrogens (tertiary/aromatic N) is 1. The molecule has 3 rings (SSSR count). The van der Waals surface area contributed by atoms with E-state index in [0.29, 0.717) is 16.3 Å². The number of hydrogen-bond acceptors (Lipinski definition) is 3. The Morgan fingerprint density at radius 2 is 1.79 bits per heavy atom. The molecule has 0 aliphatic rings. The maximum absolute atomic E-state index is 13.5. The van der Waals surface area contributed by atoms with Crippen LogP contribution in [0.2, 0.25) is 5.02 Å². The maximum atomic E-state index is 13.5. The molecule has 1 aromatic heterocycles. The lowest BCUT2D eigenvalue weighted by molar-refractivity contribution is 0.0916. The number of amides is 1. The molecule has 0 saturated carbocycles. The summed E-state index contributed by atoms with van der Waals surface area (Å²) in [4.78, 5) is 15.9. The van der Waals surface area contributed by atoms with Crippen LogP contribution >= 0.6 is 11.6 Å². The fourth-order valence-corrected chi connectivity index (χ4v) is 2.20. The van der Waals surface area contributed by atoms with Gasteiger partial charge in [0.2, 0.25) is 0 Å². The minimum absolute atomic E-state index is 0.198. The Hall–Kier alpha value is -2.73. The third-order valence-corrected chi connectivity index (χ3v) is 3.57. The van der Waals surface area contributed by atoms with Crippen molar-refractivity contribution < 1.29 is 18.0 Å². The van der Waals surface area contributed by atoms with Crippen LogP contribution < -0.4 is 5.32 Å². The summed E-state index contributed by atoms with van der Waals surface area (Å²) in [6.07, 6.45) is 1.39. The predicted molar refractivity (Wildman–Crippen MR) is 84.5 cm³/mol. The minimum Gasteiger partial charge on any atom is -0.432 e. The zero-order valence-electron chi connectivity index (χ0n) is 12.2. The third kappa shape index (κ3) is 3.44. The van der Waals surface area contributed by atoms with Gasteiger partial charge in [0.1, 0.15) is 11.6 Å². The Kier molecular flexibility index (Phi) is 4.57. The summed E-state index contributed by atoms with van der Waals surface area (Å²) in [5, 5.41) is 2.95. The normalized spacial score (nSPS) is 10.6. The molecule has 0 spiro atoms. The standard InChI is InChI=1S/C17H11ClF2N2O2/c18-11-6-4-10(5-7-11)15-9-22-17(24-15)16(23)21-8-12-13(19)2-1-3-14(12)20/h1-7,9H,8H2,(H,21,23). The van der Waals surface area contributed by atoms with Crippen LogP contribution in [-0.4, -0.2) is 10.9 Å². The topological polar surface area (TPSA) is 55.1 Å². The van der Waals surface area contributed by atoms with Crippen LogP contribution in [0.5, 0.6) is 0 Å². The highest BCUT2D eigenvalue weighted by Crippen LogP contribution is 2.22. The third-order valence-electron chi connectivity index (χ3n) is 3.32. The molecule has 122 valence electrons. The molecule has 1 heterocycles. The summed E-state index contributed by atoms with van der Waals surface area (Å²) in [6, 6.07) is 10.3. The molecular weight excluding hydrogens is 338 g/mol. The van der Waals surface area contributed by atoms with Gasteiger partial charge in [-0.25, -0.2) is 13.8 Å². The van der Waals surface area contributed by atoms with Crippen LogP contribution in [0.25, 0.3) is 11.3 Å². The van der Waals surface area contributed by atoms with E-state index in [-0.39, 0.29) is 18.0 Å². The molecule has 0 bridgehead atoms. The molecule has 4 nitrogen and oxygen atoms in total. The molecule has 0 aliphatic carbocycles. The number of carbonyl (C=O) groups excluding carboxylic acids is 1. The number of aromatic nitrogens is 1. The molecule has 3 aromatic rings. The Balaban J connectivity index is 1.71. The van der Waals surface area contributed by atoms with E-state index in [4.69, 9.17) is 16.0 Å². The molecule has 0 atom stereocenters. The van der Waals surface area contributed by atoms with Gasteiger partial charge < -0.3 is 9.73 Å². The first-order valence-corrected chi connectivity index (χ1v) is 7.35. The van der Waals surface area contributed by atoms with Crippen molar-refractivity contribution in [1.82, 2.24) is 10.3 Å². The second-order valence-electron chi connectivity index (χ2n) is 4.92. The smallest absolute Gasteiger partial charge is 0.307 e. The van der Waals surface area contributed by atoms with Crippen LogP contribution in [0, 0.1) is 11.6 Å². The first kappa shape index (κ1) is 16.1. The largest absolute Gasteiger partial charge is 0.432 e. The summed E-state index contributed by atoms with van der Waals surface area (Å²) in [5.74, 6) is -1.95. The van der Waals surface area contributed by atoms with Gasteiger partial charge in [-0.1, -0.05) is 17.7 Å². The molecule has 0 fully saturated rings. The van der Waals surface area contributed by atoms with E-state index in [0.717, 1.165) is 12.1 Å². The number of rotatable bonds is 4. The van der Waals surface area contributed by atoms with Gasteiger partial charge >= 0.3 is 5.91 Å². The highest BCUT2D eigenvalue weighted by molar-refractivity contribution is 6.30. The second kappa shape index (κ2) is 6.80. The Morgan fingerprint density at radius 1 is 1.12 bits per heavy atom. The zero-order valence-corrected chi connectivity index (χ0v) is 13.0. The summed E-state index contributed by atoms with van der Waals surface area (Å²) in [5.41, 5.74) is 0.474. The van der Waals surface area contributed by atoms with E-state index < -0.39 is 17.5 Å². The SMILES string of the molecule is O=C(NCc1c(F)cccc1F)c1ncc(-c2ccc(Cl)cc2)o1. The van der Waals surface area contributed by atoms with E-state index in [2.05, 4.69) is 10.3 Å². The van der Waals surface area contributed by atoms with E-state index in [9.17, 15) is 13.6 Å². The number of halogens is 3. The number of hydrogen-bond donors (Lipinski definition) is 1. The van der Waals surface area contributed by atoms with Crippen molar-refractivity contribution in [1.29, 1.82) is 0 Å². The molecular formula is C17H11ClF2N2O2. The van der Waals surface area contributed by atoms with Gasteiger partial charge in [-0.3, -0.25) is 4.79 Å². The molecule has 24 heavy (non-hydrogen) atoms. The molecule has 0 aliphatic heterocycles. The van der Waals surface area contributed by atoms with Gasteiger partial charge in [0.05, 0.1) is 6.20 Å². The molecule has 1 N–H and O–H groups in total. The van der Waals surface area contributed by atoms with Crippen molar-refractivity contribution in [2.75, 3.05) is 0 Å². The lowest BCUT2D eigenvalue weighted by atomic mass is 10.2. The zero-order chi connectivity index (χ0) is 17.1. The van der Waals surface area contributed by atoms with E-state index in [1.54, 1.807) is 24.3 Å². The first-order valence-electron chi connectivity index (χ1n) is 6.97. The van der Waals surface area contributed by atoms with Crippen LogP contribution in [0.1, 0.15) is 16.2 Å². The number of nitrogens with one attached hydrogen (secondary N) is 1. The van der Waals surface area contributed by atoms with Crippen molar-refractivity contribution in [2.45, 2.75) is 6.54 Å². The summed E-state index contributed by atoms with van der Waals surface area (Å²) < 4.78 is 32.4. The molecule has 0 unspecified atom stereocenters. The average molecular weight is 349 g/mol. The first-order chi connectivity index (χ1) is 11.5. The van der Waals surface area contributed by atoms with Crippen molar-refractivity contribution >= 4 is 17.5 Å². The lowest BCUT2D eigenvalue weighted by Gasteiger charge is -2.05. The fourth-order valence-electron chi connectivity index (χ4n) is 2.07. The van der Waals surface area contributed by atoms with Gasteiger partial charge in [0.25, 0.3) is 5.89 Å². The van der Waals surface area contributed by atoms with E-state index >= 15 is 0 Å². The highest BCUT2D eigenvalue weighted by Gasteiger charge is 2.16. The Morgan fingerprint density at radius 3 is 2.46 bits per heavy atom. The van der Waals surface area contributed by atoms with Gasteiger partial charge in [-0.05, 0) is 36.4 Å². The quantitative estimate of drug-likeness (QED) is 0.768. The van der Waals surface area contributed by atoms with Crippen molar-refractivity contribution in [3.8, 4) is 11.3 Å². The van der Waals surface area contributed by atoms with Gasteiger partial charge in [0.15, 0.2) is 5.76 Å². The average Bonchev–Trinajstić information content (AvgIpc) is 3.05. The van der Waals surface area contributed by atoms with Gasteiger partial charge in [-0.15, -0.1) is 0 Å². The van der Waals surface area contributed by atoms with Crippen LogP contribution in [0.3, 0.4) is 0 Å². The van der Waals surface area contributed by atoms with Crippen molar-refractivity contribution in [3.63, 3.8) is 0 Å². The van der Waals surface area contributed by atoms with Crippen LogP contribution in [-0.2, 0) is 6.54 Å². The molecule has 7 heteroatoms. The predicted octanol–water partition coefficient (Wildman–Crippen LogP) is 4.20. The minimum atomic E-state index is -0.732. The maximum Gasteiger partial charge on any atom is 0.307 e. The monoisotopic (exact) mass is 348 g/mol. The molecule has 0 radical (unpaired) electrons. The van der Waals surface area contributed by atoms with Gasteiger partial charge in [-0.2, -0.15) is 0 Å². The summed E-state index contributed by atoms with van der Waals surface area (Å²) >= 11 is 5.81. The summed E-state index contributed by atoms with van der Waals surface area (Å²) in [6.45, 7) is -0.310. The van der Waals surface area contributed by atoms with Crippen molar-refractivity contribution in [2.24, 2.45) is 0 Å². The number of oxazole rings is 1.